The van der Waals surface area contributed by atoms with Crippen molar-refractivity contribution in [2.45, 2.75) is 22.8 Å². The number of hydrogen-bond acceptors (Lipinski definition) is 4. The van der Waals surface area contributed by atoms with Crippen molar-refractivity contribution in [2.24, 2.45) is 7.05 Å². The Labute approximate surface area is 96.7 Å². The predicted octanol–water partition coefficient (Wildman–Crippen LogP) is 2.43. The molecule has 1 N–H and O–H groups in total. The fourth-order valence-corrected chi connectivity index (χ4v) is 3.30. The minimum atomic E-state index is 0.0490. The van der Waals surface area contributed by atoms with Crippen molar-refractivity contribution in [1.29, 1.82) is 0 Å². The predicted molar refractivity (Wildman–Crippen MR) is 62.3 cm³/mol. The summed E-state index contributed by atoms with van der Waals surface area (Å²) < 4.78 is 3.04. The minimum Gasteiger partial charge on any atom is -0.392 e. The molecule has 2 aromatic heterocycles. The van der Waals surface area contributed by atoms with Crippen LogP contribution in [0.4, 0.5) is 0 Å². The highest BCUT2D eigenvalue weighted by Crippen LogP contribution is 2.34. The zero-order valence-corrected chi connectivity index (χ0v) is 10.2. The maximum absolute atomic E-state index is 9.28. The zero-order chi connectivity index (χ0) is 10.8. The first kappa shape index (κ1) is 10.7. The molecule has 2 heterocycles. The van der Waals surface area contributed by atoms with Crippen LogP contribution < -0.4 is 0 Å². The molecule has 0 atom stereocenters. The van der Waals surface area contributed by atoms with Gasteiger partial charge in [0.15, 0.2) is 0 Å². The Morgan fingerprint density at radius 1 is 1.60 bits per heavy atom. The number of hydrogen-bond donors (Lipinski definition) is 1. The summed E-state index contributed by atoms with van der Waals surface area (Å²) in [5.74, 6) is 0. The number of thiophene rings is 1. The van der Waals surface area contributed by atoms with Crippen molar-refractivity contribution >= 4 is 23.1 Å². The van der Waals surface area contributed by atoms with Crippen molar-refractivity contribution < 1.29 is 5.11 Å². The van der Waals surface area contributed by atoms with E-state index in [4.69, 9.17) is 0 Å². The second-order valence-electron chi connectivity index (χ2n) is 3.18. The summed E-state index contributed by atoms with van der Waals surface area (Å²) in [5, 5.41) is 16.7. The Hall–Kier alpha value is -0.780. The van der Waals surface area contributed by atoms with Crippen molar-refractivity contribution in [3.8, 4) is 0 Å². The van der Waals surface area contributed by atoms with Crippen LogP contribution in [0.15, 0.2) is 26.7 Å². The van der Waals surface area contributed by atoms with Gasteiger partial charge in [0.25, 0.3) is 0 Å². The first-order valence-electron chi connectivity index (χ1n) is 4.57. The summed E-state index contributed by atoms with van der Waals surface area (Å²) in [6.07, 6.45) is 0. The molecule has 0 aliphatic rings. The van der Waals surface area contributed by atoms with E-state index in [1.54, 1.807) is 23.1 Å². The minimum absolute atomic E-state index is 0.0490. The number of aliphatic hydroxyl groups excluding tert-OH is 1. The summed E-state index contributed by atoms with van der Waals surface area (Å²) in [5.41, 5.74) is 1.83. The summed E-state index contributed by atoms with van der Waals surface area (Å²) in [4.78, 5) is 0. The fourth-order valence-electron chi connectivity index (χ4n) is 1.41. The van der Waals surface area contributed by atoms with Gasteiger partial charge in [-0.15, -0.1) is 11.3 Å². The van der Waals surface area contributed by atoms with Crippen molar-refractivity contribution in [3.63, 3.8) is 0 Å². The van der Waals surface area contributed by atoms with Crippen molar-refractivity contribution in [2.75, 3.05) is 0 Å². The first-order valence-corrected chi connectivity index (χ1v) is 6.26. The Morgan fingerprint density at radius 3 is 3.00 bits per heavy atom. The molecule has 0 fully saturated rings. The molecule has 0 saturated carbocycles. The van der Waals surface area contributed by atoms with E-state index < -0.39 is 0 Å². The summed E-state index contributed by atoms with van der Waals surface area (Å²) >= 11 is 3.35. The van der Waals surface area contributed by atoms with Gasteiger partial charge in [-0.05, 0) is 18.4 Å². The third-order valence-electron chi connectivity index (χ3n) is 2.14. The number of rotatable bonds is 3. The van der Waals surface area contributed by atoms with Crippen molar-refractivity contribution in [1.82, 2.24) is 9.78 Å². The molecular formula is C10H12N2OS2. The Kier molecular flexibility index (Phi) is 3.14. The molecule has 2 rings (SSSR count). The molecule has 3 nitrogen and oxygen atoms in total. The quantitative estimate of drug-likeness (QED) is 0.895. The van der Waals surface area contributed by atoms with Crippen LogP contribution in [0.5, 0.6) is 0 Å². The first-order chi connectivity index (χ1) is 7.22. The van der Waals surface area contributed by atoms with Gasteiger partial charge in [-0.1, -0.05) is 17.8 Å². The van der Waals surface area contributed by atoms with E-state index in [-0.39, 0.29) is 6.61 Å². The van der Waals surface area contributed by atoms with Crippen LogP contribution in [-0.4, -0.2) is 14.9 Å². The summed E-state index contributed by atoms with van der Waals surface area (Å²) in [7, 11) is 1.90. The van der Waals surface area contributed by atoms with Gasteiger partial charge in [0.05, 0.1) is 16.5 Å². The molecule has 0 aromatic carbocycles. The number of nitrogens with zero attached hydrogens (tertiary/aromatic N) is 2. The largest absolute Gasteiger partial charge is 0.392 e. The molecule has 80 valence electrons. The monoisotopic (exact) mass is 240 g/mol. The highest BCUT2D eigenvalue weighted by Gasteiger charge is 2.13. The molecule has 0 spiro atoms. The molecule has 0 bridgehead atoms. The van der Waals surface area contributed by atoms with Gasteiger partial charge in [-0.3, -0.25) is 4.68 Å². The third kappa shape index (κ3) is 2.09. The van der Waals surface area contributed by atoms with E-state index in [1.807, 2.05) is 30.1 Å². The number of aliphatic hydroxyl groups is 1. The van der Waals surface area contributed by atoms with E-state index in [1.165, 1.54) is 4.21 Å². The van der Waals surface area contributed by atoms with E-state index in [0.29, 0.717) is 0 Å². The molecule has 0 aliphatic carbocycles. The second kappa shape index (κ2) is 4.38. The molecule has 0 aliphatic heterocycles. The zero-order valence-electron chi connectivity index (χ0n) is 8.60. The number of aromatic nitrogens is 2. The van der Waals surface area contributed by atoms with Crippen molar-refractivity contribution in [3.05, 3.63) is 28.8 Å². The molecule has 5 heteroatoms. The molecule has 0 radical (unpaired) electrons. The van der Waals surface area contributed by atoms with Gasteiger partial charge >= 0.3 is 0 Å². The lowest BCUT2D eigenvalue weighted by Crippen LogP contribution is -1.93. The van der Waals surface area contributed by atoms with Gasteiger partial charge in [0, 0.05) is 12.6 Å². The maximum Gasteiger partial charge on any atom is 0.105 e. The smallest absolute Gasteiger partial charge is 0.105 e. The van der Waals surface area contributed by atoms with Gasteiger partial charge < -0.3 is 5.11 Å². The lowest BCUT2D eigenvalue weighted by Gasteiger charge is -2.01. The SMILES string of the molecule is Cc1nn(C)c(Sc2cccs2)c1CO. The summed E-state index contributed by atoms with van der Waals surface area (Å²) in [6.45, 7) is 1.97. The van der Waals surface area contributed by atoms with Crippen LogP contribution >= 0.6 is 23.1 Å². The van der Waals surface area contributed by atoms with Gasteiger partial charge in [-0.25, -0.2) is 0 Å². The highest BCUT2D eigenvalue weighted by molar-refractivity contribution is 8.01. The standard InChI is InChI=1S/C10H12N2OS2/c1-7-8(6-13)10(12(2)11-7)15-9-4-3-5-14-9/h3-5,13H,6H2,1-2H3. The Bertz CT molecular complexity index is 448. The summed E-state index contributed by atoms with van der Waals surface area (Å²) in [6, 6.07) is 4.09. The molecule has 15 heavy (non-hydrogen) atoms. The average molecular weight is 240 g/mol. The Balaban J connectivity index is 2.35. The van der Waals surface area contributed by atoms with Crippen LogP contribution in [0.3, 0.4) is 0 Å². The van der Waals surface area contributed by atoms with Gasteiger partial charge in [0.1, 0.15) is 5.03 Å². The molecule has 0 amide bonds. The topological polar surface area (TPSA) is 38.0 Å². The molecule has 2 aromatic rings. The molecule has 0 saturated heterocycles. The highest BCUT2D eigenvalue weighted by atomic mass is 32.2. The third-order valence-corrected chi connectivity index (χ3v) is 4.38. The lowest BCUT2D eigenvalue weighted by atomic mass is 10.3. The van der Waals surface area contributed by atoms with Crippen LogP contribution in [-0.2, 0) is 13.7 Å². The normalized spacial score (nSPS) is 10.9. The van der Waals surface area contributed by atoms with E-state index >= 15 is 0 Å². The van der Waals surface area contributed by atoms with Gasteiger partial charge in [0.2, 0.25) is 0 Å². The maximum atomic E-state index is 9.28. The van der Waals surface area contributed by atoms with E-state index in [0.717, 1.165) is 16.3 Å². The van der Waals surface area contributed by atoms with Crippen LogP contribution in [0.25, 0.3) is 0 Å². The number of aryl methyl sites for hydroxylation is 2. The van der Waals surface area contributed by atoms with Crippen LogP contribution in [0, 0.1) is 6.92 Å². The lowest BCUT2D eigenvalue weighted by molar-refractivity contribution is 0.277. The van der Waals surface area contributed by atoms with Gasteiger partial charge in [-0.2, -0.15) is 5.10 Å². The average Bonchev–Trinajstić information content (AvgIpc) is 2.77. The van der Waals surface area contributed by atoms with E-state index in [9.17, 15) is 5.11 Å². The van der Waals surface area contributed by atoms with Crippen LogP contribution in [0.1, 0.15) is 11.3 Å². The molecular weight excluding hydrogens is 228 g/mol. The van der Waals surface area contributed by atoms with E-state index in [2.05, 4.69) is 11.2 Å². The second-order valence-corrected chi connectivity index (χ2v) is 5.42. The fraction of sp³-hybridized carbons (Fsp3) is 0.300. The molecule has 0 unspecified atom stereocenters. The van der Waals surface area contributed by atoms with Crippen LogP contribution in [0.2, 0.25) is 0 Å². The Morgan fingerprint density at radius 2 is 2.40 bits per heavy atom.